The largest absolute Gasteiger partial charge is 0.341 e. The average Bonchev–Trinajstić information content (AvgIpc) is 3.35. The van der Waals surface area contributed by atoms with Crippen molar-refractivity contribution in [3.63, 3.8) is 0 Å². The molecule has 4 aliphatic rings. The molecule has 0 aliphatic carbocycles. The van der Waals surface area contributed by atoms with Crippen molar-refractivity contribution in [2.45, 2.75) is 54.1 Å². The summed E-state index contributed by atoms with van der Waals surface area (Å²) in [6.07, 6.45) is 4.85. The van der Waals surface area contributed by atoms with Crippen LogP contribution >= 0.6 is 23.5 Å². The van der Waals surface area contributed by atoms with Gasteiger partial charge in [0.25, 0.3) is 0 Å². The van der Waals surface area contributed by atoms with Gasteiger partial charge in [-0.05, 0) is 44.4 Å². The molecular formula is C18H29N5O3S2. The SMILES string of the molecule is O=C(NC1SCCC1C(=O)NC(=O)N1CCCCC1)C1NC2CNCCC2S1. The van der Waals surface area contributed by atoms with E-state index in [1.54, 1.807) is 28.4 Å². The average molecular weight is 428 g/mol. The van der Waals surface area contributed by atoms with Crippen LogP contribution in [0.5, 0.6) is 0 Å². The molecule has 4 N–H and O–H groups in total. The molecule has 0 radical (unpaired) electrons. The summed E-state index contributed by atoms with van der Waals surface area (Å²) in [6, 6.07) is 0.0308. The Morgan fingerprint density at radius 2 is 1.86 bits per heavy atom. The maximum Gasteiger partial charge on any atom is 0.324 e. The number of thioether (sulfide) groups is 2. The van der Waals surface area contributed by atoms with E-state index in [0.717, 1.165) is 44.5 Å². The first-order valence-corrected chi connectivity index (χ1v) is 12.2. The van der Waals surface area contributed by atoms with Crippen LogP contribution in [0.15, 0.2) is 0 Å². The molecule has 5 atom stereocenters. The number of piperidine rings is 2. The molecule has 4 saturated heterocycles. The summed E-state index contributed by atoms with van der Waals surface area (Å²) in [4.78, 5) is 39.5. The van der Waals surface area contributed by atoms with E-state index < -0.39 is 0 Å². The number of urea groups is 1. The van der Waals surface area contributed by atoms with Crippen LogP contribution in [-0.2, 0) is 9.59 Å². The number of hydrogen-bond acceptors (Lipinski definition) is 7. The van der Waals surface area contributed by atoms with Gasteiger partial charge in [-0.3, -0.25) is 20.2 Å². The second kappa shape index (κ2) is 9.23. The van der Waals surface area contributed by atoms with Crippen LogP contribution in [0.4, 0.5) is 4.79 Å². The van der Waals surface area contributed by atoms with Crippen molar-refractivity contribution in [1.29, 1.82) is 0 Å². The summed E-state index contributed by atoms with van der Waals surface area (Å²) < 4.78 is 0. The van der Waals surface area contributed by atoms with Crippen molar-refractivity contribution in [2.24, 2.45) is 5.92 Å². The zero-order valence-corrected chi connectivity index (χ0v) is 17.6. The topological polar surface area (TPSA) is 103 Å². The molecule has 4 heterocycles. The van der Waals surface area contributed by atoms with Crippen molar-refractivity contribution in [1.82, 2.24) is 26.2 Å². The Morgan fingerprint density at radius 1 is 1.04 bits per heavy atom. The number of likely N-dealkylation sites (tertiary alicyclic amines) is 1. The summed E-state index contributed by atoms with van der Waals surface area (Å²) in [6.45, 7) is 3.31. The molecular weight excluding hydrogens is 398 g/mol. The van der Waals surface area contributed by atoms with Gasteiger partial charge in [0.1, 0.15) is 5.37 Å². The van der Waals surface area contributed by atoms with Crippen molar-refractivity contribution in [2.75, 3.05) is 31.9 Å². The highest BCUT2D eigenvalue weighted by Gasteiger charge is 2.42. The zero-order valence-electron chi connectivity index (χ0n) is 15.9. The molecule has 8 nitrogen and oxygen atoms in total. The smallest absolute Gasteiger partial charge is 0.324 e. The summed E-state index contributed by atoms with van der Waals surface area (Å²) >= 11 is 3.28. The second-order valence-electron chi connectivity index (χ2n) is 7.86. The van der Waals surface area contributed by atoms with Gasteiger partial charge in [0.15, 0.2) is 0 Å². The highest BCUT2D eigenvalue weighted by Crippen LogP contribution is 2.34. The maximum absolute atomic E-state index is 12.7. The van der Waals surface area contributed by atoms with Crippen LogP contribution in [0, 0.1) is 5.92 Å². The third-order valence-corrected chi connectivity index (χ3v) is 8.73. The molecule has 28 heavy (non-hydrogen) atoms. The number of nitrogens with one attached hydrogen (secondary N) is 4. The van der Waals surface area contributed by atoms with Crippen molar-refractivity contribution in [3.8, 4) is 0 Å². The molecule has 4 fully saturated rings. The van der Waals surface area contributed by atoms with Crippen LogP contribution < -0.4 is 21.3 Å². The van der Waals surface area contributed by atoms with Crippen LogP contribution in [0.3, 0.4) is 0 Å². The van der Waals surface area contributed by atoms with Gasteiger partial charge in [-0.2, -0.15) is 0 Å². The number of carbonyl (C=O) groups excluding carboxylic acids is 3. The first kappa shape index (κ1) is 20.3. The van der Waals surface area contributed by atoms with Gasteiger partial charge >= 0.3 is 6.03 Å². The molecule has 156 valence electrons. The van der Waals surface area contributed by atoms with E-state index in [1.807, 2.05) is 0 Å². The molecule has 0 bridgehead atoms. The molecule has 0 spiro atoms. The highest BCUT2D eigenvalue weighted by atomic mass is 32.2. The monoisotopic (exact) mass is 427 g/mol. The number of rotatable bonds is 3. The minimum atomic E-state index is -0.363. The Kier molecular flexibility index (Phi) is 6.70. The molecule has 4 amide bonds. The Bertz CT molecular complexity index is 602. The summed E-state index contributed by atoms with van der Waals surface area (Å²) in [5.41, 5.74) is 0. The van der Waals surface area contributed by atoms with E-state index in [2.05, 4.69) is 21.3 Å². The number of imide groups is 1. The van der Waals surface area contributed by atoms with Gasteiger partial charge in [0.2, 0.25) is 11.8 Å². The maximum atomic E-state index is 12.7. The van der Waals surface area contributed by atoms with Crippen molar-refractivity contribution < 1.29 is 14.4 Å². The van der Waals surface area contributed by atoms with Crippen molar-refractivity contribution in [3.05, 3.63) is 0 Å². The zero-order chi connectivity index (χ0) is 19.5. The quantitative estimate of drug-likeness (QED) is 0.514. The van der Waals surface area contributed by atoms with Gasteiger partial charge in [0, 0.05) is 30.9 Å². The lowest BCUT2D eigenvalue weighted by atomic mass is 10.1. The fourth-order valence-corrected chi connectivity index (χ4v) is 7.05. The number of fused-ring (bicyclic) bond motifs is 1. The Morgan fingerprint density at radius 3 is 2.64 bits per heavy atom. The van der Waals surface area contributed by atoms with Crippen LogP contribution in [0.1, 0.15) is 32.1 Å². The van der Waals surface area contributed by atoms with E-state index in [9.17, 15) is 14.4 Å². The molecule has 0 aromatic heterocycles. The molecule has 5 unspecified atom stereocenters. The van der Waals surface area contributed by atoms with E-state index in [0.29, 0.717) is 30.8 Å². The third-order valence-electron chi connectivity index (χ3n) is 5.92. The number of hydrogen-bond donors (Lipinski definition) is 4. The lowest BCUT2D eigenvalue weighted by Gasteiger charge is -2.27. The van der Waals surface area contributed by atoms with Crippen molar-refractivity contribution >= 4 is 41.4 Å². The fraction of sp³-hybridized carbons (Fsp3) is 0.833. The van der Waals surface area contributed by atoms with Crippen LogP contribution in [-0.4, -0.2) is 76.7 Å². The minimum absolute atomic E-state index is 0.0565. The number of nitrogens with zero attached hydrogens (tertiary/aromatic N) is 1. The molecule has 0 aromatic carbocycles. The van der Waals surface area contributed by atoms with Crippen LogP contribution in [0.2, 0.25) is 0 Å². The Hall–Kier alpha value is -0.970. The fourth-order valence-electron chi connectivity index (χ4n) is 4.30. The van der Waals surface area contributed by atoms with Crippen LogP contribution in [0.25, 0.3) is 0 Å². The molecule has 0 saturated carbocycles. The van der Waals surface area contributed by atoms with Gasteiger partial charge in [-0.15, -0.1) is 23.5 Å². The number of amides is 4. The standard InChI is InChI=1S/C18H29N5O3S2/c24-14(22-18(26)23-7-2-1-3-8-23)11-5-9-27-16(11)21-15(25)17-20-12-10-19-6-4-13(12)28-17/h11-13,16-17,19-20H,1-10H2,(H,21,25)(H,22,24,26). The van der Waals surface area contributed by atoms with Gasteiger partial charge < -0.3 is 15.5 Å². The van der Waals surface area contributed by atoms with E-state index >= 15 is 0 Å². The highest BCUT2D eigenvalue weighted by molar-refractivity contribution is 8.01. The third kappa shape index (κ3) is 4.60. The normalized spacial score (nSPS) is 35.3. The minimum Gasteiger partial charge on any atom is -0.341 e. The van der Waals surface area contributed by atoms with E-state index in [-0.39, 0.29) is 34.5 Å². The Balaban J connectivity index is 1.28. The lowest BCUT2D eigenvalue weighted by molar-refractivity contribution is -0.125. The summed E-state index contributed by atoms with van der Waals surface area (Å²) in [5, 5.41) is 12.3. The first-order chi connectivity index (χ1) is 13.6. The second-order valence-corrected chi connectivity index (χ2v) is 10.5. The van der Waals surface area contributed by atoms with Gasteiger partial charge in [0.05, 0.1) is 11.3 Å². The lowest BCUT2D eigenvalue weighted by Crippen LogP contribution is -2.52. The predicted octanol–water partition coefficient (Wildman–Crippen LogP) is 0.297. The molecule has 4 rings (SSSR count). The summed E-state index contributed by atoms with van der Waals surface area (Å²) in [5.74, 6) is 0.120. The molecule has 10 heteroatoms. The molecule has 0 aromatic rings. The summed E-state index contributed by atoms with van der Waals surface area (Å²) in [7, 11) is 0. The molecule has 4 aliphatic heterocycles. The number of carbonyl (C=O) groups is 3. The van der Waals surface area contributed by atoms with Gasteiger partial charge in [-0.25, -0.2) is 4.79 Å². The Labute approximate surface area is 174 Å². The van der Waals surface area contributed by atoms with E-state index in [4.69, 9.17) is 0 Å². The first-order valence-electron chi connectivity index (χ1n) is 10.3. The van der Waals surface area contributed by atoms with Gasteiger partial charge in [-0.1, -0.05) is 0 Å². The predicted molar refractivity (Wildman–Crippen MR) is 111 cm³/mol. The van der Waals surface area contributed by atoms with E-state index in [1.165, 1.54) is 0 Å².